The van der Waals surface area contributed by atoms with E-state index in [1.165, 1.54) is 12.8 Å². The number of ketones is 1. The van der Waals surface area contributed by atoms with E-state index in [1.807, 2.05) is 0 Å². The number of carbonyl (C=O) groups excluding carboxylic acids is 1. The molecule has 0 bridgehead atoms. The molecule has 1 fully saturated rings. The normalized spacial score (nSPS) is 19.3. The summed E-state index contributed by atoms with van der Waals surface area (Å²) < 4.78 is 0. The fourth-order valence-corrected chi connectivity index (χ4v) is 2.76. The maximum atomic E-state index is 12.7. The molecule has 1 atom stereocenters. The van der Waals surface area contributed by atoms with Crippen molar-refractivity contribution in [3.63, 3.8) is 0 Å². The number of pyridine rings is 1. The van der Waals surface area contributed by atoms with Crippen molar-refractivity contribution in [2.45, 2.75) is 45.1 Å². The van der Waals surface area contributed by atoms with Crippen LogP contribution in [-0.2, 0) is 11.2 Å². The van der Waals surface area contributed by atoms with E-state index in [2.05, 4.69) is 23.7 Å². The largest absolute Gasteiger partial charge is 0.398 e. The van der Waals surface area contributed by atoms with Gasteiger partial charge in [-0.3, -0.25) is 14.7 Å². The highest BCUT2D eigenvalue weighted by molar-refractivity contribution is 5.90. The van der Waals surface area contributed by atoms with E-state index >= 15 is 0 Å². The molecule has 0 amide bonds. The van der Waals surface area contributed by atoms with Crippen LogP contribution in [0.1, 0.15) is 38.7 Å². The van der Waals surface area contributed by atoms with Gasteiger partial charge in [-0.25, -0.2) is 0 Å². The number of Topliss-reactive ketones (excluding diaryl/α,β-unsaturated/α-hetero) is 1. The van der Waals surface area contributed by atoms with Gasteiger partial charge in [0.05, 0.1) is 5.54 Å². The Bertz CT molecular complexity index is 454. The topological polar surface area (TPSA) is 59.2 Å². The molecule has 1 aromatic heterocycles. The van der Waals surface area contributed by atoms with Gasteiger partial charge in [-0.2, -0.15) is 0 Å². The molecule has 2 N–H and O–H groups in total. The summed E-state index contributed by atoms with van der Waals surface area (Å²) in [5.74, 6) is 0.247. The fourth-order valence-electron chi connectivity index (χ4n) is 2.76. The second kappa shape index (κ2) is 5.70. The number of likely N-dealkylation sites (tertiary alicyclic amines) is 1. The molecule has 0 saturated carbocycles. The molecular formula is C15H23N3O. The summed E-state index contributed by atoms with van der Waals surface area (Å²) in [5, 5.41) is 0. The molecule has 1 unspecified atom stereocenters. The Labute approximate surface area is 115 Å². The van der Waals surface area contributed by atoms with Crippen molar-refractivity contribution in [1.29, 1.82) is 0 Å². The van der Waals surface area contributed by atoms with Crippen molar-refractivity contribution in [3.8, 4) is 0 Å². The summed E-state index contributed by atoms with van der Waals surface area (Å²) in [7, 11) is 0. The summed E-state index contributed by atoms with van der Waals surface area (Å²) >= 11 is 0. The van der Waals surface area contributed by atoms with Gasteiger partial charge in [0.1, 0.15) is 0 Å². The first kappa shape index (κ1) is 14.0. The first-order valence-corrected chi connectivity index (χ1v) is 7.04. The summed E-state index contributed by atoms with van der Waals surface area (Å²) in [6, 6.07) is 1.75. The lowest BCUT2D eigenvalue weighted by atomic mass is 9.87. The number of carbonyl (C=O) groups is 1. The van der Waals surface area contributed by atoms with Crippen LogP contribution in [0, 0.1) is 0 Å². The predicted octanol–water partition coefficient (Wildman–Crippen LogP) is 2.04. The number of nitrogens with two attached hydrogens (primary N) is 1. The molecule has 1 aliphatic heterocycles. The number of rotatable bonds is 5. The lowest BCUT2D eigenvalue weighted by Gasteiger charge is -2.36. The van der Waals surface area contributed by atoms with Crippen LogP contribution in [0.2, 0.25) is 0 Å². The highest BCUT2D eigenvalue weighted by Gasteiger charge is 2.38. The first-order valence-electron chi connectivity index (χ1n) is 7.04. The SMILES string of the molecule is CCC(C)(C(=O)Cc1cnccc1N)N1CCCC1. The minimum absolute atomic E-state index is 0.247. The molecule has 1 aromatic rings. The molecule has 2 rings (SSSR count). The molecule has 104 valence electrons. The second-order valence-electron chi connectivity index (χ2n) is 5.50. The molecule has 4 heteroatoms. The van der Waals surface area contributed by atoms with E-state index in [1.54, 1.807) is 18.5 Å². The van der Waals surface area contributed by atoms with Crippen LogP contribution in [0.3, 0.4) is 0 Å². The van der Waals surface area contributed by atoms with Crippen molar-refractivity contribution in [3.05, 3.63) is 24.0 Å². The zero-order valence-corrected chi connectivity index (χ0v) is 11.9. The lowest BCUT2D eigenvalue weighted by molar-refractivity contribution is -0.129. The van der Waals surface area contributed by atoms with Crippen LogP contribution in [0.25, 0.3) is 0 Å². The Morgan fingerprint density at radius 3 is 2.74 bits per heavy atom. The number of nitrogen functional groups attached to an aromatic ring is 1. The fraction of sp³-hybridized carbons (Fsp3) is 0.600. The van der Waals surface area contributed by atoms with Gasteiger partial charge in [0.15, 0.2) is 5.78 Å². The molecule has 19 heavy (non-hydrogen) atoms. The lowest BCUT2D eigenvalue weighted by Crippen LogP contribution is -2.51. The monoisotopic (exact) mass is 261 g/mol. The van der Waals surface area contributed by atoms with E-state index < -0.39 is 0 Å². The van der Waals surface area contributed by atoms with Crippen LogP contribution < -0.4 is 5.73 Å². The van der Waals surface area contributed by atoms with Gasteiger partial charge >= 0.3 is 0 Å². The Hall–Kier alpha value is -1.42. The zero-order valence-electron chi connectivity index (χ0n) is 11.9. The van der Waals surface area contributed by atoms with E-state index in [0.29, 0.717) is 12.1 Å². The third kappa shape index (κ3) is 2.78. The molecule has 2 heterocycles. The first-order chi connectivity index (χ1) is 9.08. The third-order valence-electron chi connectivity index (χ3n) is 4.39. The van der Waals surface area contributed by atoms with E-state index in [-0.39, 0.29) is 11.3 Å². The minimum atomic E-state index is -0.362. The molecular weight excluding hydrogens is 238 g/mol. The highest BCUT2D eigenvalue weighted by Crippen LogP contribution is 2.27. The van der Waals surface area contributed by atoms with Crippen molar-refractivity contribution in [2.75, 3.05) is 18.8 Å². The second-order valence-corrected chi connectivity index (χ2v) is 5.50. The average Bonchev–Trinajstić information content (AvgIpc) is 2.95. The molecule has 0 radical (unpaired) electrons. The quantitative estimate of drug-likeness (QED) is 0.881. The Morgan fingerprint density at radius 1 is 1.47 bits per heavy atom. The molecule has 0 aliphatic carbocycles. The Kier molecular flexibility index (Phi) is 4.20. The van der Waals surface area contributed by atoms with Crippen LogP contribution in [0.5, 0.6) is 0 Å². The van der Waals surface area contributed by atoms with Crippen molar-refractivity contribution in [2.24, 2.45) is 0 Å². The number of aromatic nitrogens is 1. The maximum absolute atomic E-state index is 12.7. The van der Waals surface area contributed by atoms with E-state index in [4.69, 9.17) is 5.73 Å². The van der Waals surface area contributed by atoms with Gasteiger partial charge in [0.25, 0.3) is 0 Å². The van der Waals surface area contributed by atoms with Gasteiger partial charge in [-0.15, -0.1) is 0 Å². The summed E-state index contributed by atoms with van der Waals surface area (Å²) in [6.45, 7) is 6.20. The van der Waals surface area contributed by atoms with Gasteiger partial charge < -0.3 is 5.73 Å². The van der Waals surface area contributed by atoms with Crippen LogP contribution in [0.15, 0.2) is 18.5 Å². The Balaban J connectivity index is 2.15. The van der Waals surface area contributed by atoms with Crippen molar-refractivity contribution < 1.29 is 4.79 Å². The average molecular weight is 261 g/mol. The molecule has 0 aromatic carbocycles. The summed E-state index contributed by atoms with van der Waals surface area (Å²) in [4.78, 5) is 19.1. The van der Waals surface area contributed by atoms with Crippen molar-refractivity contribution in [1.82, 2.24) is 9.88 Å². The molecule has 1 aliphatic rings. The number of anilines is 1. The standard InChI is InChI=1S/C15H23N3O/c1-3-15(2,18-8-4-5-9-18)14(19)10-12-11-17-7-6-13(12)16/h6-7,11H,3-5,8-10H2,1-2H3,(H2,16,17). The number of hydrogen-bond acceptors (Lipinski definition) is 4. The van der Waals surface area contributed by atoms with Crippen LogP contribution in [0.4, 0.5) is 5.69 Å². The maximum Gasteiger partial charge on any atom is 0.157 e. The number of nitrogens with zero attached hydrogens (tertiary/aromatic N) is 2. The van der Waals surface area contributed by atoms with Gasteiger partial charge in [0, 0.05) is 30.1 Å². The van der Waals surface area contributed by atoms with Crippen LogP contribution >= 0.6 is 0 Å². The van der Waals surface area contributed by atoms with E-state index in [0.717, 1.165) is 25.1 Å². The molecule has 1 saturated heterocycles. The highest BCUT2D eigenvalue weighted by atomic mass is 16.1. The van der Waals surface area contributed by atoms with Crippen molar-refractivity contribution >= 4 is 11.5 Å². The molecule has 4 nitrogen and oxygen atoms in total. The minimum Gasteiger partial charge on any atom is -0.398 e. The van der Waals surface area contributed by atoms with E-state index in [9.17, 15) is 4.79 Å². The summed E-state index contributed by atoms with van der Waals surface area (Å²) in [5.41, 5.74) is 7.03. The van der Waals surface area contributed by atoms with Gasteiger partial charge in [0.2, 0.25) is 0 Å². The molecule has 0 spiro atoms. The Morgan fingerprint density at radius 2 is 2.16 bits per heavy atom. The van der Waals surface area contributed by atoms with Gasteiger partial charge in [-0.05, 0) is 45.3 Å². The number of hydrogen-bond donors (Lipinski definition) is 1. The third-order valence-corrected chi connectivity index (χ3v) is 4.39. The smallest absolute Gasteiger partial charge is 0.157 e. The zero-order chi connectivity index (χ0) is 13.9. The van der Waals surface area contributed by atoms with Gasteiger partial charge in [-0.1, -0.05) is 6.92 Å². The summed E-state index contributed by atoms with van der Waals surface area (Å²) in [6.07, 6.45) is 6.96. The van der Waals surface area contributed by atoms with Crippen LogP contribution in [-0.4, -0.2) is 34.3 Å². The predicted molar refractivity (Wildman–Crippen MR) is 76.9 cm³/mol.